The fourth-order valence-corrected chi connectivity index (χ4v) is 6.25. The fourth-order valence-electron chi connectivity index (χ4n) is 4.23. The molecule has 0 heterocycles. The maximum Gasteiger partial charge on any atom is 0.264 e. The number of halogens is 2. The van der Waals surface area contributed by atoms with Gasteiger partial charge in [0.1, 0.15) is 12.6 Å². The van der Waals surface area contributed by atoms with Gasteiger partial charge in [-0.25, -0.2) is 8.42 Å². The lowest BCUT2D eigenvalue weighted by Crippen LogP contribution is -2.54. The van der Waals surface area contributed by atoms with Gasteiger partial charge in [0.15, 0.2) is 0 Å². The van der Waals surface area contributed by atoms with Crippen molar-refractivity contribution in [2.75, 3.05) is 10.8 Å². The molecule has 0 bridgehead atoms. The van der Waals surface area contributed by atoms with E-state index in [1.807, 2.05) is 33.8 Å². The summed E-state index contributed by atoms with van der Waals surface area (Å²) in [5.41, 5.74) is 1.91. The Morgan fingerprint density at radius 1 is 0.925 bits per heavy atom. The fraction of sp³-hybridized carbons (Fsp3) is 0.333. The molecule has 1 atom stereocenters. The molecule has 3 rings (SSSR count). The molecule has 10 heteroatoms. The standard InChI is InChI=1S/C30H35Cl2N3O4S/c1-20-15-16-27(21(2)17-20)35(40(38,39)23-11-8-7-9-12-23)19-28(36)34(22(3)29(37)33-30(4,5)6)18-24-25(31)13-10-14-26(24)32/h7-17,22H,18-19H2,1-6H3,(H,33,37)/t22-/m0/s1. The molecular formula is C30H35Cl2N3O4S. The number of carbonyl (C=O) groups excluding carboxylic acids is 2. The first-order chi connectivity index (χ1) is 18.6. The molecule has 3 aromatic rings. The first kappa shape index (κ1) is 31.5. The quantitative estimate of drug-likeness (QED) is 0.318. The molecule has 0 radical (unpaired) electrons. The molecule has 0 aromatic heterocycles. The Balaban J connectivity index is 2.10. The Labute approximate surface area is 247 Å². The van der Waals surface area contributed by atoms with Crippen molar-refractivity contribution in [1.82, 2.24) is 10.2 Å². The lowest BCUT2D eigenvalue weighted by atomic mass is 10.1. The number of amides is 2. The molecule has 0 saturated carbocycles. The SMILES string of the molecule is Cc1ccc(N(CC(=O)N(Cc2c(Cl)cccc2Cl)[C@@H](C)C(=O)NC(C)(C)C)S(=O)(=O)c2ccccc2)c(C)c1. The normalized spacial score (nSPS) is 12.5. The van der Waals surface area contributed by atoms with Crippen LogP contribution in [0.1, 0.15) is 44.4 Å². The number of hydrogen-bond donors (Lipinski definition) is 1. The van der Waals surface area contributed by atoms with Gasteiger partial charge < -0.3 is 10.2 Å². The maximum atomic E-state index is 14.1. The van der Waals surface area contributed by atoms with Crippen LogP contribution in [0.15, 0.2) is 71.6 Å². The molecule has 2 amide bonds. The van der Waals surface area contributed by atoms with Gasteiger partial charge in [-0.05, 0) is 77.4 Å². The lowest BCUT2D eigenvalue weighted by Gasteiger charge is -2.34. The van der Waals surface area contributed by atoms with Crippen LogP contribution in [0, 0.1) is 13.8 Å². The van der Waals surface area contributed by atoms with Gasteiger partial charge in [-0.2, -0.15) is 0 Å². The van der Waals surface area contributed by atoms with Gasteiger partial charge in [0.05, 0.1) is 10.6 Å². The van der Waals surface area contributed by atoms with E-state index in [1.54, 1.807) is 62.4 Å². The van der Waals surface area contributed by atoms with Gasteiger partial charge in [0.25, 0.3) is 10.0 Å². The van der Waals surface area contributed by atoms with E-state index in [-0.39, 0.29) is 11.4 Å². The molecule has 0 unspecified atom stereocenters. The Morgan fingerprint density at radius 3 is 2.08 bits per heavy atom. The molecule has 0 aliphatic heterocycles. The molecular weight excluding hydrogens is 569 g/mol. The second-order valence-electron chi connectivity index (χ2n) is 10.8. The van der Waals surface area contributed by atoms with Crippen LogP contribution in [-0.2, 0) is 26.2 Å². The van der Waals surface area contributed by atoms with E-state index in [2.05, 4.69) is 5.32 Å². The summed E-state index contributed by atoms with van der Waals surface area (Å²) >= 11 is 12.9. The van der Waals surface area contributed by atoms with Crippen molar-refractivity contribution in [2.45, 2.75) is 64.6 Å². The van der Waals surface area contributed by atoms with E-state index < -0.39 is 40.0 Å². The van der Waals surface area contributed by atoms with Gasteiger partial charge in [-0.1, -0.05) is 65.2 Å². The number of rotatable bonds is 9. The Morgan fingerprint density at radius 2 is 1.52 bits per heavy atom. The minimum absolute atomic E-state index is 0.0435. The van der Waals surface area contributed by atoms with E-state index >= 15 is 0 Å². The summed E-state index contributed by atoms with van der Waals surface area (Å²) in [6, 6.07) is 17.3. The molecule has 0 spiro atoms. The number of aryl methyl sites for hydroxylation is 2. The molecule has 40 heavy (non-hydrogen) atoms. The number of benzene rings is 3. The summed E-state index contributed by atoms with van der Waals surface area (Å²) in [4.78, 5) is 28.7. The van der Waals surface area contributed by atoms with Crippen LogP contribution < -0.4 is 9.62 Å². The second kappa shape index (κ2) is 12.6. The summed E-state index contributed by atoms with van der Waals surface area (Å²) < 4.78 is 28.9. The van der Waals surface area contributed by atoms with Crippen molar-refractivity contribution in [1.29, 1.82) is 0 Å². The molecule has 7 nitrogen and oxygen atoms in total. The minimum atomic E-state index is -4.15. The van der Waals surface area contributed by atoms with Gasteiger partial charge in [0.2, 0.25) is 11.8 Å². The van der Waals surface area contributed by atoms with E-state index in [4.69, 9.17) is 23.2 Å². The first-order valence-corrected chi connectivity index (χ1v) is 15.0. The Bertz CT molecular complexity index is 1470. The van der Waals surface area contributed by atoms with Crippen molar-refractivity contribution >= 4 is 50.7 Å². The number of anilines is 1. The lowest BCUT2D eigenvalue weighted by molar-refractivity contribution is -0.140. The Hall–Kier alpha value is -3.07. The predicted molar refractivity (Wildman–Crippen MR) is 161 cm³/mol. The highest BCUT2D eigenvalue weighted by Crippen LogP contribution is 2.30. The molecule has 0 fully saturated rings. The van der Waals surface area contributed by atoms with Crippen LogP contribution in [0.5, 0.6) is 0 Å². The van der Waals surface area contributed by atoms with E-state index in [1.165, 1.54) is 17.0 Å². The third-order valence-electron chi connectivity index (χ3n) is 6.29. The van der Waals surface area contributed by atoms with Gasteiger partial charge in [0, 0.05) is 27.7 Å². The van der Waals surface area contributed by atoms with E-state index in [0.717, 1.165) is 9.87 Å². The molecule has 0 aliphatic carbocycles. The van der Waals surface area contributed by atoms with Crippen LogP contribution in [0.3, 0.4) is 0 Å². The molecule has 0 aliphatic rings. The van der Waals surface area contributed by atoms with Gasteiger partial charge in [-0.3, -0.25) is 13.9 Å². The highest BCUT2D eigenvalue weighted by molar-refractivity contribution is 7.92. The van der Waals surface area contributed by atoms with Crippen molar-refractivity contribution in [3.05, 3.63) is 93.5 Å². The summed E-state index contributed by atoms with van der Waals surface area (Å²) in [6.07, 6.45) is 0. The van der Waals surface area contributed by atoms with Crippen LogP contribution >= 0.6 is 23.2 Å². The van der Waals surface area contributed by atoms with Crippen LogP contribution in [-0.4, -0.2) is 43.3 Å². The number of sulfonamides is 1. The molecule has 0 saturated heterocycles. The minimum Gasteiger partial charge on any atom is -0.350 e. The monoisotopic (exact) mass is 603 g/mol. The number of carbonyl (C=O) groups is 2. The largest absolute Gasteiger partial charge is 0.350 e. The summed E-state index contributed by atoms with van der Waals surface area (Å²) in [7, 11) is -4.15. The third-order valence-corrected chi connectivity index (χ3v) is 8.77. The maximum absolute atomic E-state index is 14.1. The topological polar surface area (TPSA) is 86.8 Å². The number of hydrogen-bond acceptors (Lipinski definition) is 4. The highest BCUT2D eigenvalue weighted by atomic mass is 35.5. The van der Waals surface area contributed by atoms with Gasteiger partial charge in [-0.15, -0.1) is 0 Å². The van der Waals surface area contributed by atoms with Crippen molar-refractivity contribution in [3.63, 3.8) is 0 Å². The average molecular weight is 605 g/mol. The van der Waals surface area contributed by atoms with Crippen LogP contribution in [0.2, 0.25) is 10.0 Å². The van der Waals surface area contributed by atoms with Crippen molar-refractivity contribution in [3.8, 4) is 0 Å². The zero-order valence-electron chi connectivity index (χ0n) is 23.5. The average Bonchev–Trinajstić information content (AvgIpc) is 2.86. The smallest absolute Gasteiger partial charge is 0.264 e. The molecule has 3 aromatic carbocycles. The van der Waals surface area contributed by atoms with Crippen molar-refractivity contribution < 1.29 is 18.0 Å². The summed E-state index contributed by atoms with van der Waals surface area (Å²) in [5, 5.41) is 3.56. The first-order valence-electron chi connectivity index (χ1n) is 12.8. The van der Waals surface area contributed by atoms with E-state index in [0.29, 0.717) is 26.9 Å². The number of nitrogens with zero attached hydrogens (tertiary/aromatic N) is 2. The van der Waals surface area contributed by atoms with Gasteiger partial charge >= 0.3 is 0 Å². The van der Waals surface area contributed by atoms with E-state index in [9.17, 15) is 18.0 Å². The van der Waals surface area contributed by atoms with Crippen molar-refractivity contribution in [2.24, 2.45) is 0 Å². The number of nitrogens with one attached hydrogen (secondary N) is 1. The molecule has 1 N–H and O–H groups in total. The predicted octanol–water partition coefficient (Wildman–Crippen LogP) is 6.14. The van der Waals surface area contributed by atoms with Crippen LogP contribution in [0.4, 0.5) is 5.69 Å². The highest BCUT2D eigenvalue weighted by Gasteiger charge is 2.34. The second-order valence-corrected chi connectivity index (χ2v) is 13.4. The Kier molecular flexibility index (Phi) is 9.93. The summed E-state index contributed by atoms with van der Waals surface area (Å²) in [6.45, 7) is 10.2. The molecule has 214 valence electrons. The van der Waals surface area contributed by atoms with Crippen LogP contribution in [0.25, 0.3) is 0 Å². The zero-order valence-corrected chi connectivity index (χ0v) is 25.9. The summed E-state index contributed by atoms with van der Waals surface area (Å²) in [5.74, 6) is -0.986. The zero-order chi connectivity index (χ0) is 29.8. The third kappa shape index (κ3) is 7.56.